The molecule has 0 saturated carbocycles. The van der Waals surface area contributed by atoms with E-state index < -0.39 is 40.5 Å². The molecular formula is C11H10F2O7S. The number of rotatable bonds is 6. The first-order valence-corrected chi connectivity index (χ1v) is 6.84. The number of carbonyl (C=O) groups is 2. The van der Waals surface area contributed by atoms with Gasteiger partial charge in [-0.05, 0) is 12.1 Å². The zero-order valence-corrected chi connectivity index (χ0v) is 11.2. The minimum atomic E-state index is -5.91. The smallest absolute Gasteiger partial charge is 0.458 e. The van der Waals surface area contributed by atoms with Gasteiger partial charge >= 0.3 is 27.3 Å². The fourth-order valence-corrected chi connectivity index (χ4v) is 1.39. The molecule has 1 N–H and O–H groups in total. The quantitative estimate of drug-likeness (QED) is 0.470. The predicted octanol–water partition coefficient (Wildman–Crippen LogP) is 0.867. The molecule has 21 heavy (non-hydrogen) atoms. The average Bonchev–Trinajstić information content (AvgIpc) is 2.42. The van der Waals surface area contributed by atoms with Gasteiger partial charge in [-0.2, -0.15) is 17.2 Å². The Morgan fingerprint density at radius 3 is 2.14 bits per heavy atom. The van der Waals surface area contributed by atoms with Crippen molar-refractivity contribution in [1.82, 2.24) is 0 Å². The second-order valence-electron chi connectivity index (χ2n) is 3.63. The van der Waals surface area contributed by atoms with E-state index >= 15 is 0 Å². The van der Waals surface area contributed by atoms with Gasteiger partial charge in [-0.3, -0.25) is 4.55 Å². The topological polar surface area (TPSA) is 107 Å². The molecule has 0 unspecified atom stereocenters. The van der Waals surface area contributed by atoms with Crippen molar-refractivity contribution in [2.45, 2.75) is 5.25 Å². The highest BCUT2D eigenvalue weighted by atomic mass is 32.2. The van der Waals surface area contributed by atoms with Crippen molar-refractivity contribution in [2.24, 2.45) is 0 Å². The van der Waals surface area contributed by atoms with Crippen LogP contribution < -0.4 is 0 Å². The van der Waals surface area contributed by atoms with Gasteiger partial charge in [-0.25, -0.2) is 9.59 Å². The number of alkyl halides is 2. The molecule has 0 radical (unpaired) electrons. The van der Waals surface area contributed by atoms with E-state index in [2.05, 4.69) is 9.47 Å². The Hall–Kier alpha value is -2.07. The second kappa shape index (κ2) is 6.59. The van der Waals surface area contributed by atoms with E-state index in [9.17, 15) is 26.8 Å². The first-order chi connectivity index (χ1) is 9.66. The monoisotopic (exact) mass is 324 g/mol. The van der Waals surface area contributed by atoms with Crippen molar-refractivity contribution in [1.29, 1.82) is 0 Å². The first kappa shape index (κ1) is 17.0. The number of carbonyl (C=O) groups excluding carboxylic acids is 2. The van der Waals surface area contributed by atoms with Crippen LogP contribution in [0.1, 0.15) is 10.4 Å². The van der Waals surface area contributed by atoms with Gasteiger partial charge in [0, 0.05) is 0 Å². The van der Waals surface area contributed by atoms with Crippen LogP contribution in [0, 0.1) is 0 Å². The van der Waals surface area contributed by atoms with Crippen LogP contribution >= 0.6 is 0 Å². The van der Waals surface area contributed by atoms with Crippen LogP contribution in [0.25, 0.3) is 0 Å². The molecule has 0 atom stereocenters. The van der Waals surface area contributed by atoms with Gasteiger partial charge in [-0.15, -0.1) is 0 Å². The number of hydrogen-bond acceptors (Lipinski definition) is 6. The standard InChI is InChI=1S/C11H10F2O7S/c12-11(13,21(16,17)18)10(15)20-7-6-19-9(14)8-4-2-1-3-5-8/h1-5H,6-7H2,(H,16,17,18). The summed E-state index contributed by atoms with van der Waals surface area (Å²) in [5.74, 6) is -3.23. The van der Waals surface area contributed by atoms with Crippen LogP contribution in [0.15, 0.2) is 30.3 Å². The average molecular weight is 324 g/mol. The molecule has 0 fully saturated rings. The van der Waals surface area contributed by atoms with Gasteiger partial charge < -0.3 is 9.47 Å². The third-order valence-corrected chi connectivity index (χ3v) is 2.94. The van der Waals surface area contributed by atoms with Crippen LogP contribution in [-0.4, -0.2) is 43.4 Å². The molecule has 10 heteroatoms. The highest BCUT2D eigenvalue weighted by molar-refractivity contribution is 7.87. The van der Waals surface area contributed by atoms with Crippen LogP contribution in [0.3, 0.4) is 0 Å². The number of halogens is 2. The van der Waals surface area contributed by atoms with E-state index in [0.29, 0.717) is 0 Å². The van der Waals surface area contributed by atoms with Gasteiger partial charge in [0.25, 0.3) is 0 Å². The SMILES string of the molecule is O=C(OCCOC(=O)C(F)(F)S(=O)(=O)O)c1ccccc1. The summed E-state index contributed by atoms with van der Waals surface area (Å²) < 4.78 is 62.7. The Kier molecular flexibility index (Phi) is 5.33. The number of ether oxygens (including phenoxy) is 2. The lowest BCUT2D eigenvalue weighted by Gasteiger charge is -2.12. The van der Waals surface area contributed by atoms with Crippen molar-refractivity contribution in [3.8, 4) is 0 Å². The second-order valence-corrected chi connectivity index (χ2v) is 5.09. The van der Waals surface area contributed by atoms with Crippen LogP contribution in [0.5, 0.6) is 0 Å². The Balaban J connectivity index is 2.42. The Morgan fingerprint density at radius 2 is 1.62 bits per heavy atom. The zero-order chi connectivity index (χ0) is 16.1. The normalized spacial score (nSPS) is 11.8. The summed E-state index contributed by atoms with van der Waals surface area (Å²) >= 11 is 0. The zero-order valence-electron chi connectivity index (χ0n) is 10.4. The maximum atomic E-state index is 12.8. The highest BCUT2D eigenvalue weighted by Gasteiger charge is 2.54. The summed E-state index contributed by atoms with van der Waals surface area (Å²) in [5, 5.41) is -5.07. The number of esters is 2. The van der Waals surface area contributed by atoms with Gasteiger partial charge in [0.15, 0.2) is 0 Å². The minimum Gasteiger partial charge on any atom is -0.458 e. The molecule has 0 aliphatic rings. The van der Waals surface area contributed by atoms with E-state index in [4.69, 9.17) is 4.55 Å². The van der Waals surface area contributed by atoms with Crippen molar-refractivity contribution in [3.05, 3.63) is 35.9 Å². The largest absolute Gasteiger partial charge is 0.465 e. The van der Waals surface area contributed by atoms with Crippen molar-refractivity contribution in [2.75, 3.05) is 13.2 Å². The third-order valence-electron chi connectivity index (χ3n) is 2.12. The molecule has 1 aromatic carbocycles. The van der Waals surface area contributed by atoms with E-state index in [1.807, 2.05) is 0 Å². The van der Waals surface area contributed by atoms with Gasteiger partial charge in [0.1, 0.15) is 13.2 Å². The van der Waals surface area contributed by atoms with E-state index in [0.717, 1.165) is 0 Å². The summed E-state index contributed by atoms with van der Waals surface area (Å²) in [6, 6.07) is 7.70. The van der Waals surface area contributed by atoms with Crippen molar-refractivity contribution in [3.63, 3.8) is 0 Å². The predicted molar refractivity (Wildman–Crippen MR) is 64.2 cm³/mol. The number of hydrogen-bond donors (Lipinski definition) is 1. The Morgan fingerprint density at radius 1 is 1.10 bits per heavy atom. The Labute approximate surface area is 118 Å². The van der Waals surface area contributed by atoms with Crippen molar-refractivity contribution >= 4 is 22.1 Å². The summed E-state index contributed by atoms with van der Waals surface area (Å²) in [7, 11) is -5.91. The molecule has 0 aliphatic heterocycles. The van der Waals surface area contributed by atoms with Crippen LogP contribution in [0.4, 0.5) is 8.78 Å². The number of benzene rings is 1. The van der Waals surface area contributed by atoms with E-state index in [1.54, 1.807) is 18.2 Å². The minimum absolute atomic E-state index is 0.201. The van der Waals surface area contributed by atoms with Crippen LogP contribution in [-0.2, 0) is 24.4 Å². The molecular weight excluding hydrogens is 314 g/mol. The fraction of sp³-hybridized carbons (Fsp3) is 0.273. The maximum Gasteiger partial charge on any atom is 0.465 e. The molecule has 0 aliphatic carbocycles. The molecule has 0 spiro atoms. The summed E-state index contributed by atoms with van der Waals surface area (Å²) in [4.78, 5) is 22.2. The summed E-state index contributed by atoms with van der Waals surface area (Å²) in [5.41, 5.74) is 0.201. The summed E-state index contributed by atoms with van der Waals surface area (Å²) in [6.07, 6.45) is 0. The Bertz CT molecular complexity index is 613. The van der Waals surface area contributed by atoms with Crippen LogP contribution in [0.2, 0.25) is 0 Å². The lowest BCUT2D eigenvalue weighted by molar-refractivity contribution is -0.162. The molecule has 0 bridgehead atoms. The van der Waals surface area contributed by atoms with E-state index in [-0.39, 0.29) is 5.56 Å². The maximum absolute atomic E-state index is 12.8. The molecule has 0 amide bonds. The molecule has 7 nitrogen and oxygen atoms in total. The van der Waals surface area contributed by atoms with Crippen molar-refractivity contribution < 1.29 is 40.8 Å². The molecule has 0 heterocycles. The van der Waals surface area contributed by atoms with Gasteiger partial charge in [-0.1, -0.05) is 18.2 Å². The summed E-state index contributed by atoms with van der Waals surface area (Å²) in [6.45, 7) is -1.34. The molecule has 1 aromatic rings. The van der Waals surface area contributed by atoms with Gasteiger partial charge in [0.2, 0.25) is 0 Å². The highest BCUT2D eigenvalue weighted by Crippen LogP contribution is 2.21. The fourth-order valence-electron chi connectivity index (χ4n) is 1.12. The lowest BCUT2D eigenvalue weighted by Crippen LogP contribution is -2.39. The molecule has 0 aromatic heterocycles. The first-order valence-electron chi connectivity index (χ1n) is 5.40. The third kappa shape index (κ3) is 4.46. The molecule has 0 saturated heterocycles. The van der Waals surface area contributed by atoms with Gasteiger partial charge in [0.05, 0.1) is 5.56 Å². The molecule has 1 rings (SSSR count). The van der Waals surface area contributed by atoms with E-state index in [1.165, 1.54) is 12.1 Å². The molecule has 116 valence electrons. The lowest BCUT2D eigenvalue weighted by atomic mass is 10.2.